The number of hydrogen-bond donors (Lipinski definition) is 1. The molecule has 0 aliphatic carbocycles. The number of hydrazone groups is 1. The Labute approximate surface area is 156 Å². The van der Waals surface area contributed by atoms with Gasteiger partial charge >= 0.3 is 0 Å². The van der Waals surface area contributed by atoms with E-state index < -0.39 is 0 Å². The lowest BCUT2D eigenvalue weighted by Gasteiger charge is -2.20. The third-order valence-electron chi connectivity index (χ3n) is 4.54. The normalized spacial score (nSPS) is 21.2. The zero-order chi connectivity index (χ0) is 18.3. The largest absolute Gasteiger partial charge is 0.378 e. The van der Waals surface area contributed by atoms with E-state index in [-0.39, 0.29) is 17.3 Å². The number of carbonyl (C=O) groups is 1. The Kier molecular flexibility index (Phi) is 4.28. The van der Waals surface area contributed by atoms with Crippen molar-refractivity contribution < 1.29 is 4.79 Å². The molecule has 7 nitrogen and oxygen atoms in total. The second kappa shape index (κ2) is 6.60. The molecule has 3 heterocycles. The molecule has 1 N–H and O–H groups in total. The minimum atomic E-state index is -0.386. The summed E-state index contributed by atoms with van der Waals surface area (Å²) < 4.78 is 0. The highest BCUT2D eigenvalue weighted by Gasteiger charge is 2.37. The standard InChI is InChI=1S/C18H20N6OS/c1-22(2)13-7-5-12(6-8-13)11-14-15(19)24-17(20-16(14)25)26-18(21-24)23-9-3-4-10-23/h5-8,11,19H,3-4,9-10H2,1-2H3/b14-11-,19-15?. The summed E-state index contributed by atoms with van der Waals surface area (Å²) >= 11 is 1.37. The molecule has 134 valence electrons. The second-order valence-electron chi connectivity index (χ2n) is 6.58. The van der Waals surface area contributed by atoms with Crippen molar-refractivity contribution in [3.8, 4) is 0 Å². The van der Waals surface area contributed by atoms with Crippen LogP contribution in [0.1, 0.15) is 18.4 Å². The Balaban J connectivity index is 1.61. The fraction of sp³-hybridized carbons (Fsp3) is 0.333. The highest BCUT2D eigenvalue weighted by molar-refractivity contribution is 8.26. The minimum absolute atomic E-state index is 0.0818. The van der Waals surface area contributed by atoms with Crippen LogP contribution in [-0.2, 0) is 4.79 Å². The van der Waals surface area contributed by atoms with Crippen LogP contribution in [0.5, 0.6) is 0 Å². The molecule has 0 unspecified atom stereocenters. The van der Waals surface area contributed by atoms with Gasteiger partial charge in [-0.25, -0.2) is 0 Å². The molecule has 4 rings (SSSR count). The van der Waals surface area contributed by atoms with Gasteiger partial charge in [0.1, 0.15) is 0 Å². The average molecular weight is 368 g/mol. The van der Waals surface area contributed by atoms with Crippen LogP contribution in [0, 0.1) is 5.41 Å². The van der Waals surface area contributed by atoms with Gasteiger partial charge in [0.2, 0.25) is 5.17 Å². The van der Waals surface area contributed by atoms with Gasteiger partial charge in [0, 0.05) is 32.9 Å². The number of likely N-dealkylation sites (tertiary alicyclic amines) is 1. The van der Waals surface area contributed by atoms with E-state index >= 15 is 0 Å². The maximum Gasteiger partial charge on any atom is 0.283 e. The zero-order valence-corrected chi connectivity index (χ0v) is 15.6. The fourth-order valence-corrected chi connectivity index (χ4v) is 4.00. The summed E-state index contributed by atoms with van der Waals surface area (Å²) in [5.74, 6) is -0.304. The topological polar surface area (TPSA) is 75.4 Å². The molecule has 0 bridgehead atoms. The minimum Gasteiger partial charge on any atom is -0.378 e. The molecule has 3 aliphatic heterocycles. The molecule has 0 radical (unpaired) electrons. The lowest BCUT2D eigenvalue weighted by molar-refractivity contribution is -0.114. The van der Waals surface area contributed by atoms with Crippen molar-refractivity contribution in [2.24, 2.45) is 10.1 Å². The summed E-state index contributed by atoms with van der Waals surface area (Å²) in [5, 5.41) is 15.7. The van der Waals surface area contributed by atoms with Gasteiger partial charge in [0.15, 0.2) is 11.0 Å². The molecule has 1 fully saturated rings. The van der Waals surface area contributed by atoms with E-state index in [1.165, 1.54) is 16.8 Å². The lowest BCUT2D eigenvalue weighted by atomic mass is 10.1. The number of amides is 1. The van der Waals surface area contributed by atoms with E-state index in [9.17, 15) is 4.79 Å². The van der Waals surface area contributed by atoms with Gasteiger partial charge in [0.05, 0.1) is 5.57 Å². The highest BCUT2D eigenvalue weighted by Crippen LogP contribution is 2.30. The third-order valence-corrected chi connectivity index (χ3v) is 5.51. The number of amidine groups is 3. The lowest BCUT2D eigenvalue weighted by Crippen LogP contribution is -2.35. The predicted octanol–water partition coefficient (Wildman–Crippen LogP) is 2.43. The number of hydrogen-bond acceptors (Lipinski definition) is 6. The first-order chi connectivity index (χ1) is 12.5. The SMILES string of the molecule is CN(C)c1ccc(/C=C2/C(=N)N3N=C(N4CCCC4)SC3=NC2=O)cc1. The maximum atomic E-state index is 12.4. The van der Waals surface area contributed by atoms with Gasteiger partial charge in [-0.1, -0.05) is 12.1 Å². The molecule has 0 aromatic heterocycles. The number of nitrogens with zero attached hydrogens (tertiary/aromatic N) is 5. The fourth-order valence-electron chi connectivity index (χ4n) is 3.05. The molecule has 26 heavy (non-hydrogen) atoms. The molecule has 0 saturated carbocycles. The molecule has 1 amide bonds. The predicted molar refractivity (Wildman–Crippen MR) is 107 cm³/mol. The maximum absolute atomic E-state index is 12.4. The smallest absolute Gasteiger partial charge is 0.283 e. The van der Waals surface area contributed by atoms with E-state index in [0.29, 0.717) is 5.17 Å². The quantitative estimate of drug-likeness (QED) is 0.812. The van der Waals surface area contributed by atoms with Crippen LogP contribution in [-0.4, -0.2) is 59.2 Å². The van der Waals surface area contributed by atoms with Crippen molar-refractivity contribution in [2.45, 2.75) is 12.8 Å². The Morgan fingerprint density at radius 1 is 1.15 bits per heavy atom. The number of rotatable bonds is 2. The first-order valence-electron chi connectivity index (χ1n) is 8.55. The van der Waals surface area contributed by atoms with E-state index in [4.69, 9.17) is 5.41 Å². The summed E-state index contributed by atoms with van der Waals surface area (Å²) in [5.41, 5.74) is 2.20. The number of benzene rings is 1. The van der Waals surface area contributed by atoms with E-state index in [0.717, 1.165) is 42.3 Å². The second-order valence-corrected chi connectivity index (χ2v) is 7.52. The Morgan fingerprint density at radius 3 is 2.50 bits per heavy atom. The van der Waals surface area contributed by atoms with Crippen LogP contribution in [0.3, 0.4) is 0 Å². The van der Waals surface area contributed by atoms with E-state index in [1.54, 1.807) is 6.08 Å². The monoisotopic (exact) mass is 368 g/mol. The Bertz CT molecular complexity index is 849. The van der Waals surface area contributed by atoms with Crippen LogP contribution in [0.2, 0.25) is 0 Å². The number of anilines is 1. The average Bonchev–Trinajstić information content (AvgIpc) is 3.28. The molecular formula is C18H20N6OS. The van der Waals surface area contributed by atoms with Crippen LogP contribution in [0.25, 0.3) is 6.08 Å². The van der Waals surface area contributed by atoms with Crippen molar-refractivity contribution >= 4 is 45.6 Å². The molecule has 8 heteroatoms. The first kappa shape index (κ1) is 16.8. The van der Waals surface area contributed by atoms with Crippen LogP contribution >= 0.6 is 11.8 Å². The molecule has 1 aromatic rings. The van der Waals surface area contributed by atoms with Crippen LogP contribution in [0.15, 0.2) is 39.9 Å². The number of fused-ring (bicyclic) bond motifs is 1. The van der Waals surface area contributed by atoms with E-state index in [2.05, 4.69) is 15.0 Å². The Hall–Kier alpha value is -2.61. The number of carbonyl (C=O) groups excluding carboxylic acids is 1. The first-order valence-corrected chi connectivity index (χ1v) is 9.37. The van der Waals surface area contributed by atoms with E-state index in [1.807, 2.05) is 43.3 Å². The van der Waals surface area contributed by atoms with Crippen molar-refractivity contribution in [3.05, 3.63) is 35.4 Å². The molecule has 3 aliphatic rings. The number of thioether (sulfide) groups is 1. The van der Waals surface area contributed by atoms with Gasteiger partial charge in [-0.3, -0.25) is 10.2 Å². The zero-order valence-electron chi connectivity index (χ0n) is 14.8. The van der Waals surface area contributed by atoms with Crippen LogP contribution in [0.4, 0.5) is 5.69 Å². The summed E-state index contributed by atoms with van der Waals surface area (Å²) in [4.78, 5) is 20.8. The van der Waals surface area contributed by atoms with Gasteiger partial charge < -0.3 is 9.80 Å². The third kappa shape index (κ3) is 3.01. The Morgan fingerprint density at radius 2 is 1.85 bits per heavy atom. The van der Waals surface area contributed by atoms with Crippen molar-refractivity contribution in [2.75, 3.05) is 32.1 Å². The summed E-state index contributed by atoms with van der Waals surface area (Å²) in [6, 6.07) is 7.82. The van der Waals surface area contributed by atoms with Gasteiger partial charge in [-0.2, -0.15) is 10.0 Å². The molecular weight excluding hydrogens is 348 g/mol. The number of aliphatic imine (C=N–C) groups is 1. The van der Waals surface area contributed by atoms with Crippen LogP contribution < -0.4 is 4.90 Å². The summed E-state index contributed by atoms with van der Waals surface area (Å²) in [7, 11) is 3.95. The van der Waals surface area contributed by atoms with Gasteiger partial charge in [-0.15, -0.1) is 5.10 Å². The van der Waals surface area contributed by atoms with Gasteiger partial charge in [-0.05, 0) is 48.4 Å². The molecule has 1 saturated heterocycles. The summed E-state index contributed by atoms with van der Waals surface area (Å²) in [6.07, 6.45) is 4.01. The van der Waals surface area contributed by atoms with Gasteiger partial charge in [0.25, 0.3) is 5.91 Å². The van der Waals surface area contributed by atoms with Crippen molar-refractivity contribution in [1.29, 1.82) is 5.41 Å². The molecule has 0 atom stereocenters. The number of nitrogens with one attached hydrogen (secondary N) is 1. The van der Waals surface area contributed by atoms with Crippen molar-refractivity contribution in [1.82, 2.24) is 9.91 Å². The highest BCUT2D eigenvalue weighted by atomic mass is 32.2. The summed E-state index contributed by atoms with van der Waals surface area (Å²) in [6.45, 7) is 1.93. The van der Waals surface area contributed by atoms with Crippen molar-refractivity contribution in [3.63, 3.8) is 0 Å². The molecule has 0 spiro atoms. The molecule has 1 aromatic carbocycles.